The predicted molar refractivity (Wildman–Crippen MR) is 96.1 cm³/mol. The lowest BCUT2D eigenvalue weighted by atomic mass is 9.90. The van der Waals surface area contributed by atoms with E-state index in [-0.39, 0.29) is 23.6 Å². The molecule has 136 valence electrons. The van der Waals surface area contributed by atoms with Crippen LogP contribution in [0.5, 0.6) is 0 Å². The van der Waals surface area contributed by atoms with Crippen molar-refractivity contribution in [1.82, 2.24) is 15.8 Å². The third-order valence-corrected chi connectivity index (χ3v) is 6.33. The molecule has 0 bridgehead atoms. The minimum Gasteiger partial charge on any atom is -0.342 e. The fourth-order valence-corrected chi connectivity index (χ4v) is 4.68. The summed E-state index contributed by atoms with van der Waals surface area (Å²) in [5.41, 5.74) is 6.33. The van der Waals surface area contributed by atoms with E-state index in [0.29, 0.717) is 23.9 Å². The lowest BCUT2D eigenvalue weighted by Crippen LogP contribution is -2.49. The Bertz CT molecular complexity index is 685. The van der Waals surface area contributed by atoms with Crippen LogP contribution in [-0.2, 0) is 22.4 Å². The zero-order valence-electron chi connectivity index (χ0n) is 14.8. The zero-order chi connectivity index (χ0) is 18.0. The highest BCUT2D eigenvalue weighted by molar-refractivity contribution is 7.14. The molecule has 1 aliphatic carbocycles. The van der Waals surface area contributed by atoms with Crippen LogP contribution in [0.25, 0.3) is 0 Å². The van der Waals surface area contributed by atoms with Crippen molar-refractivity contribution in [2.24, 2.45) is 11.8 Å². The largest absolute Gasteiger partial charge is 0.342 e. The lowest BCUT2D eigenvalue weighted by molar-refractivity contribution is -0.134. The van der Waals surface area contributed by atoms with Crippen LogP contribution in [0, 0.1) is 11.8 Å². The Morgan fingerprint density at radius 2 is 2.04 bits per heavy atom. The highest BCUT2D eigenvalue weighted by atomic mass is 32.1. The summed E-state index contributed by atoms with van der Waals surface area (Å²) in [7, 11) is 0. The molecule has 3 amide bonds. The summed E-state index contributed by atoms with van der Waals surface area (Å²) in [5.74, 6) is -0.114. The van der Waals surface area contributed by atoms with E-state index >= 15 is 0 Å². The lowest BCUT2D eigenvalue weighted by Gasteiger charge is -2.31. The van der Waals surface area contributed by atoms with Gasteiger partial charge < -0.3 is 4.90 Å². The van der Waals surface area contributed by atoms with Crippen molar-refractivity contribution in [2.75, 3.05) is 13.1 Å². The van der Waals surface area contributed by atoms with Gasteiger partial charge in [0.25, 0.3) is 5.91 Å². The molecule has 0 spiro atoms. The Morgan fingerprint density at radius 1 is 1.24 bits per heavy atom. The second-order valence-electron chi connectivity index (χ2n) is 7.15. The minimum atomic E-state index is -0.268. The molecule has 1 aromatic heterocycles. The highest BCUT2D eigenvalue weighted by Gasteiger charge is 2.27. The first-order valence-corrected chi connectivity index (χ1v) is 9.73. The van der Waals surface area contributed by atoms with Gasteiger partial charge >= 0.3 is 0 Å². The average Bonchev–Trinajstić information content (AvgIpc) is 3.02. The number of aryl methyl sites for hydroxylation is 1. The van der Waals surface area contributed by atoms with Crippen LogP contribution in [-0.4, -0.2) is 35.7 Å². The van der Waals surface area contributed by atoms with Gasteiger partial charge in [-0.15, -0.1) is 11.3 Å². The van der Waals surface area contributed by atoms with Crippen LogP contribution in [0.15, 0.2) is 6.07 Å². The summed E-state index contributed by atoms with van der Waals surface area (Å²) in [5, 5.41) is 0. The number of carbonyl (C=O) groups is 3. The number of amides is 3. The molecule has 0 aromatic carbocycles. The Hall–Kier alpha value is -1.89. The number of likely N-dealkylation sites (tertiary alicyclic amines) is 1. The van der Waals surface area contributed by atoms with Gasteiger partial charge in [0.1, 0.15) is 0 Å². The first-order chi connectivity index (χ1) is 11.9. The van der Waals surface area contributed by atoms with Crippen LogP contribution in [0.3, 0.4) is 0 Å². The number of hydrogen-bond donors (Lipinski definition) is 2. The summed E-state index contributed by atoms with van der Waals surface area (Å²) in [4.78, 5) is 39.7. The molecule has 0 radical (unpaired) electrons. The molecule has 2 aliphatic rings. The smallest absolute Gasteiger partial charge is 0.279 e. The molecule has 2 N–H and O–H groups in total. The molecule has 7 heteroatoms. The first-order valence-electron chi connectivity index (χ1n) is 8.91. The average molecular weight is 363 g/mol. The van der Waals surface area contributed by atoms with E-state index in [1.807, 2.05) is 6.07 Å². The SMILES string of the molecule is CC(=O)N1CCC[C@H](C(=O)NNC(=O)c2cc3c(s2)CC[C@@H](C)C3)C1. The summed E-state index contributed by atoms with van der Waals surface area (Å²) >= 11 is 1.52. The number of hydrogen-bond acceptors (Lipinski definition) is 4. The van der Waals surface area contributed by atoms with E-state index in [1.54, 1.807) is 4.90 Å². The maximum Gasteiger partial charge on any atom is 0.279 e. The van der Waals surface area contributed by atoms with Gasteiger partial charge in [-0.1, -0.05) is 6.92 Å². The summed E-state index contributed by atoms with van der Waals surface area (Å²) in [6, 6.07) is 1.95. The highest BCUT2D eigenvalue weighted by Crippen LogP contribution is 2.32. The number of rotatable bonds is 2. The third kappa shape index (κ3) is 4.21. The van der Waals surface area contributed by atoms with Crippen molar-refractivity contribution in [3.05, 3.63) is 21.4 Å². The molecule has 6 nitrogen and oxygen atoms in total. The molecular weight excluding hydrogens is 338 g/mol. The maximum atomic E-state index is 12.3. The fourth-order valence-electron chi connectivity index (χ4n) is 3.58. The number of carbonyl (C=O) groups excluding carboxylic acids is 3. The molecule has 1 saturated heterocycles. The number of thiophene rings is 1. The third-order valence-electron chi connectivity index (χ3n) is 5.09. The van der Waals surface area contributed by atoms with Gasteiger partial charge in [-0.25, -0.2) is 0 Å². The second-order valence-corrected chi connectivity index (χ2v) is 8.29. The quantitative estimate of drug-likeness (QED) is 0.788. The van der Waals surface area contributed by atoms with E-state index in [4.69, 9.17) is 0 Å². The number of nitrogens with zero attached hydrogens (tertiary/aromatic N) is 1. The van der Waals surface area contributed by atoms with Crippen LogP contribution >= 0.6 is 11.3 Å². The molecule has 1 aliphatic heterocycles. The molecule has 1 fully saturated rings. The van der Waals surface area contributed by atoms with Gasteiger partial charge in [0.2, 0.25) is 11.8 Å². The van der Waals surface area contributed by atoms with Crippen LogP contribution in [0.4, 0.5) is 0 Å². The summed E-state index contributed by atoms with van der Waals surface area (Å²) in [6.07, 6.45) is 4.76. The molecule has 1 aromatic rings. The van der Waals surface area contributed by atoms with Gasteiger partial charge in [0, 0.05) is 24.9 Å². The van der Waals surface area contributed by atoms with Crippen molar-refractivity contribution in [3.8, 4) is 0 Å². The fraction of sp³-hybridized carbons (Fsp3) is 0.611. The Balaban J connectivity index is 1.53. The van der Waals surface area contributed by atoms with Crippen LogP contribution in [0.2, 0.25) is 0 Å². The zero-order valence-corrected chi connectivity index (χ0v) is 15.6. The number of piperidine rings is 1. The number of fused-ring (bicyclic) bond motifs is 1. The van der Waals surface area contributed by atoms with Gasteiger partial charge in [0.15, 0.2) is 0 Å². The van der Waals surface area contributed by atoms with Gasteiger partial charge in [-0.3, -0.25) is 25.2 Å². The van der Waals surface area contributed by atoms with Crippen LogP contribution < -0.4 is 10.9 Å². The summed E-state index contributed by atoms with van der Waals surface area (Å²) in [6.45, 7) is 4.86. The van der Waals surface area contributed by atoms with E-state index in [1.165, 1.54) is 35.1 Å². The molecule has 0 saturated carbocycles. The molecular formula is C18H25N3O3S. The maximum absolute atomic E-state index is 12.3. The van der Waals surface area contributed by atoms with Gasteiger partial charge in [-0.2, -0.15) is 0 Å². The minimum absolute atomic E-state index is 0.0140. The standard InChI is InChI=1S/C18H25N3O3S/c1-11-5-6-15-14(8-11)9-16(25-15)18(24)20-19-17(23)13-4-3-7-21(10-13)12(2)22/h9,11,13H,3-8,10H2,1-2H3,(H,19,23)(H,20,24)/t11-,13+/m1/s1. The molecule has 2 atom stereocenters. The monoisotopic (exact) mass is 363 g/mol. The summed E-state index contributed by atoms with van der Waals surface area (Å²) < 4.78 is 0. The van der Waals surface area contributed by atoms with Crippen molar-refractivity contribution < 1.29 is 14.4 Å². The Morgan fingerprint density at radius 3 is 2.80 bits per heavy atom. The Kier molecular flexibility index (Phi) is 5.42. The van der Waals surface area contributed by atoms with Gasteiger partial charge in [-0.05, 0) is 49.7 Å². The second kappa shape index (κ2) is 7.56. The van der Waals surface area contributed by atoms with Crippen molar-refractivity contribution in [3.63, 3.8) is 0 Å². The van der Waals surface area contributed by atoms with Gasteiger partial charge in [0.05, 0.1) is 10.8 Å². The molecule has 3 rings (SSSR count). The first kappa shape index (κ1) is 17.9. The number of hydrazine groups is 1. The van der Waals surface area contributed by atoms with E-state index < -0.39 is 0 Å². The van der Waals surface area contributed by atoms with Crippen molar-refractivity contribution >= 4 is 29.1 Å². The molecule has 0 unspecified atom stereocenters. The van der Waals surface area contributed by atoms with E-state index in [0.717, 1.165) is 25.7 Å². The van der Waals surface area contributed by atoms with E-state index in [2.05, 4.69) is 17.8 Å². The number of nitrogens with one attached hydrogen (secondary N) is 2. The topological polar surface area (TPSA) is 78.5 Å². The van der Waals surface area contributed by atoms with Crippen LogP contribution in [0.1, 0.15) is 53.2 Å². The van der Waals surface area contributed by atoms with E-state index in [9.17, 15) is 14.4 Å². The normalized spacial score (nSPS) is 22.9. The molecule has 2 heterocycles. The van der Waals surface area contributed by atoms with Crippen molar-refractivity contribution in [2.45, 2.75) is 46.0 Å². The Labute approximate surface area is 151 Å². The molecule has 25 heavy (non-hydrogen) atoms. The predicted octanol–water partition coefficient (Wildman–Crippen LogP) is 1.89. The van der Waals surface area contributed by atoms with Crippen molar-refractivity contribution in [1.29, 1.82) is 0 Å².